The largest absolute Gasteiger partial charge is 0.357 e. The molecule has 3 N–H and O–H groups in total. The first kappa shape index (κ1) is 14.9. The van der Waals surface area contributed by atoms with Gasteiger partial charge in [-0.15, -0.1) is 0 Å². The minimum Gasteiger partial charge on any atom is -0.357 e. The lowest BCUT2D eigenvalue weighted by Crippen LogP contribution is -2.49. The Balaban J connectivity index is 2.81. The van der Waals surface area contributed by atoms with Gasteiger partial charge in [-0.05, 0) is 5.92 Å². The van der Waals surface area contributed by atoms with Crippen LogP contribution in [0.2, 0.25) is 0 Å². The molecule has 1 aromatic heterocycles. The van der Waals surface area contributed by atoms with Gasteiger partial charge in [0, 0.05) is 23.9 Å². The number of aromatic nitrogens is 1. The first-order chi connectivity index (χ1) is 8.99. The Morgan fingerprint density at radius 1 is 1.37 bits per heavy atom. The summed E-state index contributed by atoms with van der Waals surface area (Å²) in [6, 6.07) is 2.39. The van der Waals surface area contributed by atoms with Crippen molar-refractivity contribution in [3.8, 4) is 0 Å². The van der Waals surface area contributed by atoms with E-state index < -0.39 is 6.04 Å². The van der Waals surface area contributed by atoms with Crippen LogP contribution in [0.3, 0.4) is 0 Å². The molecule has 0 bridgehead atoms. The van der Waals surface area contributed by atoms with Crippen LogP contribution >= 0.6 is 0 Å². The van der Waals surface area contributed by atoms with Crippen LogP contribution in [0.5, 0.6) is 0 Å². The molecule has 0 aliphatic carbocycles. The highest BCUT2D eigenvalue weighted by Gasteiger charge is 2.25. The molecule has 6 heteroatoms. The van der Waals surface area contributed by atoms with Crippen LogP contribution in [0, 0.1) is 5.92 Å². The third-order valence-electron chi connectivity index (χ3n) is 3.10. The van der Waals surface area contributed by atoms with Crippen molar-refractivity contribution in [3.63, 3.8) is 0 Å². The molecule has 1 unspecified atom stereocenters. The van der Waals surface area contributed by atoms with Crippen molar-refractivity contribution in [1.29, 1.82) is 0 Å². The van der Waals surface area contributed by atoms with Crippen molar-refractivity contribution >= 4 is 11.8 Å². The minimum atomic E-state index is -0.566. The molecule has 0 aliphatic heterocycles. The lowest BCUT2D eigenvalue weighted by atomic mass is 9.98. The van der Waals surface area contributed by atoms with Crippen LogP contribution in [0.25, 0.3) is 0 Å². The summed E-state index contributed by atoms with van der Waals surface area (Å²) >= 11 is 0. The Hall–Kier alpha value is -2.11. The Morgan fingerprint density at radius 3 is 2.42 bits per heavy atom. The van der Waals surface area contributed by atoms with E-state index >= 15 is 0 Å². The maximum atomic E-state index is 12.0. The fraction of sp³-hybridized carbons (Fsp3) is 0.462. The summed E-state index contributed by atoms with van der Waals surface area (Å²) in [5.74, 6) is -0.513. The summed E-state index contributed by atoms with van der Waals surface area (Å²) in [4.78, 5) is 23.8. The highest BCUT2D eigenvalue weighted by atomic mass is 16.5. The van der Waals surface area contributed by atoms with Gasteiger partial charge in [0.25, 0.3) is 5.91 Å². The summed E-state index contributed by atoms with van der Waals surface area (Å²) in [5.41, 5.74) is 0.391. The third kappa shape index (κ3) is 3.94. The van der Waals surface area contributed by atoms with Gasteiger partial charge in [0.1, 0.15) is 6.04 Å². The topological polar surface area (TPSA) is 82.3 Å². The smallest absolute Gasteiger partial charge is 0.252 e. The predicted octanol–water partition coefficient (Wildman–Crippen LogP) is 0.102. The summed E-state index contributed by atoms with van der Waals surface area (Å²) in [5, 5.41) is 14.4. The van der Waals surface area contributed by atoms with Gasteiger partial charge in [-0.1, -0.05) is 20.3 Å². The van der Waals surface area contributed by atoms with Crippen LogP contribution in [-0.2, 0) is 4.79 Å². The van der Waals surface area contributed by atoms with E-state index in [4.69, 9.17) is 5.21 Å². The normalized spacial score (nSPS) is 13.4. The number of nitrogens with one attached hydrogen (secondary N) is 2. The first-order valence-electron chi connectivity index (χ1n) is 6.22. The second kappa shape index (κ2) is 6.72. The summed E-state index contributed by atoms with van der Waals surface area (Å²) in [6.07, 6.45) is 3.49. The molecule has 6 nitrogen and oxygen atoms in total. The number of nitrogens with zero attached hydrogens (tertiary/aromatic N) is 1. The average Bonchev–Trinajstić information content (AvgIpc) is 2.43. The molecular formula is C13H20N3O3+. The number of hydrogen-bond donors (Lipinski definition) is 3. The maximum absolute atomic E-state index is 12.0. The highest BCUT2D eigenvalue weighted by molar-refractivity contribution is 5.97. The predicted molar refractivity (Wildman–Crippen MR) is 68.6 cm³/mol. The van der Waals surface area contributed by atoms with E-state index in [1.807, 2.05) is 13.8 Å². The zero-order chi connectivity index (χ0) is 14.4. The number of hydrogen-bond acceptors (Lipinski definition) is 3. The van der Waals surface area contributed by atoms with E-state index in [9.17, 15) is 9.59 Å². The van der Waals surface area contributed by atoms with E-state index in [2.05, 4.69) is 10.6 Å². The van der Waals surface area contributed by atoms with E-state index in [0.717, 1.165) is 11.2 Å². The zero-order valence-corrected chi connectivity index (χ0v) is 11.4. The fourth-order valence-corrected chi connectivity index (χ4v) is 1.65. The third-order valence-corrected chi connectivity index (χ3v) is 3.10. The van der Waals surface area contributed by atoms with Crippen LogP contribution in [0.1, 0.15) is 30.6 Å². The van der Waals surface area contributed by atoms with Crippen LogP contribution in [-0.4, -0.2) is 30.1 Å². The molecule has 0 radical (unpaired) electrons. The molecule has 1 rings (SSSR count). The average molecular weight is 266 g/mol. The number of likely N-dealkylation sites (N-methyl/N-ethyl adjacent to an activating group) is 1. The molecule has 0 aliphatic rings. The SMILES string of the molecule is CC[C@H](C)C(NC(=O)c1cc[n+](O)cc1)C(=O)NC. The first-order valence-corrected chi connectivity index (χ1v) is 6.22. The zero-order valence-electron chi connectivity index (χ0n) is 11.4. The van der Waals surface area contributed by atoms with Crippen molar-refractivity contribution in [2.45, 2.75) is 26.3 Å². The number of carbonyl (C=O) groups excluding carboxylic acids is 2. The second-order valence-electron chi connectivity index (χ2n) is 4.42. The van der Waals surface area contributed by atoms with Gasteiger partial charge in [0.05, 0.1) is 5.56 Å². The van der Waals surface area contributed by atoms with E-state index in [0.29, 0.717) is 5.56 Å². The van der Waals surface area contributed by atoms with Gasteiger partial charge in [-0.3, -0.25) is 14.8 Å². The van der Waals surface area contributed by atoms with Crippen LogP contribution in [0.4, 0.5) is 0 Å². The molecule has 0 aromatic carbocycles. The van der Waals surface area contributed by atoms with Crippen molar-refractivity contribution < 1.29 is 19.5 Å². The Morgan fingerprint density at radius 2 is 1.95 bits per heavy atom. The Kier molecular flexibility index (Phi) is 5.29. The monoisotopic (exact) mass is 266 g/mol. The van der Waals surface area contributed by atoms with Gasteiger partial charge >= 0.3 is 0 Å². The molecule has 0 saturated carbocycles. The van der Waals surface area contributed by atoms with E-state index in [1.165, 1.54) is 24.5 Å². The molecule has 19 heavy (non-hydrogen) atoms. The van der Waals surface area contributed by atoms with Gasteiger partial charge in [-0.2, -0.15) is 0 Å². The molecule has 1 heterocycles. The Labute approximate surface area is 112 Å². The molecule has 2 amide bonds. The van der Waals surface area contributed by atoms with E-state index in [-0.39, 0.29) is 17.7 Å². The van der Waals surface area contributed by atoms with Gasteiger partial charge in [-0.25, -0.2) is 0 Å². The van der Waals surface area contributed by atoms with Gasteiger partial charge in [0.15, 0.2) is 0 Å². The van der Waals surface area contributed by atoms with Crippen molar-refractivity contribution in [2.75, 3.05) is 7.05 Å². The maximum Gasteiger partial charge on any atom is 0.252 e. The van der Waals surface area contributed by atoms with Crippen molar-refractivity contribution in [2.24, 2.45) is 5.92 Å². The lowest BCUT2D eigenvalue weighted by molar-refractivity contribution is -0.904. The van der Waals surface area contributed by atoms with Crippen LogP contribution in [0.15, 0.2) is 24.5 Å². The standard InChI is InChI=1S/C13H19N3O3/c1-4-9(2)11(13(18)14-3)15-12(17)10-5-7-16(19)8-6-10/h5-9,11H,4H2,1-3H3,(H2-,14,15,17,18,19)/p+1/t9-,11?/m0/s1. The summed E-state index contributed by atoms with van der Waals surface area (Å²) in [7, 11) is 1.54. The molecule has 104 valence electrons. The molecule has 0 saturated heterocycles. The van der Waals surface area contributed by atoms with Gasteiger partial charge in [0.2, 0.25) is 18.3 Å². The van der Waals surface area contributed by atoms with Gasteiger partial charge < -0.3 is 10.6 Å². The number of rotatable bonds is 5. The quantitative estimate of drug-likeness (QED) is 0.522. The van der Waals surface area contributed by atoms with E-state index in [1.54, 1.807) is 7.05 Å². The highest BCUT2D eigenvalue weighted by Crippen LogP contribution is 2.09. The molecule has 2 atom stereocenters. The molecular weight excluding hydrogens is 246 g/mol. The summed E-state index contributed by atoms with van der Waals surface area (Å²) in [6.45, 7) is 3.87. The molecule has 0 fully saturated rings. The second-order valence-corrected chi connectivity index (χ2v) is 4.42. The molecule has 1 aromatic rings. The molecule has 0 spiro atoms. The number of amides is 2. The van der Waals surface area contributed by atoms with Crippen molar-refractivity contribution in [3.05, 3.63) is 30.1 Å². The number of pyridine rings is 1. The number of carbonyl (C=O) groups is 2. The van der Waals surface area contributed by atoms with Crippen LogP contribution < -0.4 is 15.4 Å². The Bertz CT molecular complexity index is 445. The fourth-order valence-electron chi connectivity index (χ4n) is 1.65. The minimum absolute atomic E-state index is 0.0374. The lowest BCUT2D eigenvalue weighted by Gasteiger charge is -2.22. The summed E-state index contributed by atoms with van der Waals surface area (Å²) < 4.78 is 0.849. The van der Waals surface area contributed by atoms with Crippen molar-refractivity contribution in [1.82, 2.24) is 10.6 Å².